The van der Waals surface area contributed by atoms with Gasteiger partial charge in [0, 0.05) is 17.8 Å². The maximum absolute atomic E-state index is 6.92. The number of thiazole rings is 1. The molecule has 2 heterocycles. The predicted octanol–water partition coefficient (Wildman–Crippen LogP) is 5.90. The maximum atomic E-state index is 6.92. The summed E-state index contributed by atoms with van der Waals surface area (Å²) in [5.74, 6) is 0.696. The van der Waals surface area contributed by atoms with E-state index in [0.717, 1.165) is 52.5 Å². The van der Waals surface area contributed by atoms with Crippen molar-refractivity contribution in [1.29, 1.82) is 0 Å². The van der Waals surface area contributed by atoms with Gasteiger partial charge in [0.25, 0.3) is 0 Å². The van der Waals surface area contributed by atoms with Gasteiger partial charge in [0.15, 0.2) is 0 Å². The van der Waals surface area contributed by atoms with Gasteiger partial charge in [0.2, 0.25) is 5.95 Å². The number of benzene rings is 1. The summed E-state index contributed by atoms with van der Waals surface area (Å²) in [5, 5.41) is 4.42. The summed E-state index contributed by atoms with van der Waals surface area (Å²) in [5.41, 5.74) is 10.7. The third-order valence-corrected chi connectivity index (χ3v) is 6.83. The lowest BCUT2D eigenvalue weighted by molar-refractivity contribution is 0.368. The van der Waals surface area contributed by atoms with Crippen LogP contribution in [0.25, 0.3) is 21.8 Å². The van der Waals surface area contributed by atoms with Crippen LogP contribution >= 0.6 is 11.3 Å². The summed E-state index contributed by atoms with van der Waals surface area (Å²) < 4.78 is 0. The second kappa shape index (κ2) is 8.82. The fraction of sp³-hybridized carbons (Fsp3) is 0.458. The number of nitrogens with two attached hydrogens (primary N) is 1. The number of aryl methyl sites for hydroxylation is 1. The van der Waals surface area contributed by atoms with Gasteiger partial charge >= 0.3 is 0 Å². The van der Waals surface area contributed by atoms with Crippen molar-refractivity contribution in [3.8, 4) is 21.8 Å². The van der Waals surface area contributed by atoms with Crippen LogP contribution in [0.15, 0.2) is 36.5 Å². The highest BCUT2D eigenvalue weighted by atomic mass is 32.1. The molecule has 0 saturated heterocycles. The first-order chi connectivity index (χ1) is 14.5. The Hall–Kier alpha value is -2.31. The van der Waals surface area contributed by atoms with Gasteiger partial charge in [-0.25, -0.2) is 15.0 Å². The maximum Gasteiger partial charge on any atom is 0.223 e. The van der Waals surface area contributed by atoms with Gasteiger partial charge in [0.1, 0.15) is 5.01 Å². The summed E-state index contributed by atoms with van der Waals surface area (Å²) in [4.78, 5) is 15.4. The number of nitrogens with one attached hydrogen (secondary N) is 1. The number of anilines is 1. The molecule has 0 amide bonds. The predicted molar refractivity (Wildman–Crippen MR) is 126 cm³/mol. The largest absolute Gasteiger partial charge is 0.351 e. The van der Waals surface area contributed by atoms with Crippen molar-refractivity contribution < 1.29 is 0 Å². The number of aromatic nitrogens is 3. The Balaban J connectivity index is 1.82. The average Bonchev–Trinajstić information content (AvgIpc) is 3.41. The molecule has 30 heavy (non-hydrogen) atoms. The minimum Gasteiger partial charge on any atom is -0.351 e. The summed E-state index contributed by atoms with van der Waals surface area (Å²) >= 11 is 1.69. The zero-order chi connectivity index (χ0) is 21.1. The van der Waals surface area contributed by atoms with Crippen LogP contribution in [0.2, 0.25) is 0 Å². The normalized spacial score (nSPS) is 14.1. The molecule has 158 valence electrons. The molecule has 0 aliphatic heterocycles. The van der Waals surface area contributed by atoms with Crippen molar-refractivity contribution >= 4 is 17.3 Å². The molecule has 0 spiro atoms. The van der Waals surface area contributed by atoms with Crippen LogP contribution < -0.4 is 11.1 Å². The molecule has 1 fully saturated rings. The Morgan fingerprint density at radius 3 is 2.57 bits per heavy atom. The summed E-state index contributed by atoms with van der Waals surface area (Å²) in [6.45, 7) is 6.49. The van der Waals surface area contributed by atoms with E-state index in [1.165, 1.54) is 18.4 Å². The van der Waals surface area contributed by atoms with Crippen molar-refractivity contribution in [2.24, 2.45) is 5.73 Å². The fourth-order valence-corrected chi connectivity index (χ4v) is 5.11. The number of nitrogens with zero attached hydrogens (tertiary/aromatic N) is 3. The summed E-state index contributed by atoms with van der Waals surface area (Å²) in [6, 6.07) is 11.0. The van der Waals surface area contributed by atoms with Crippen molar-refractivity contribution in [1.82, 2.24) is 15.0 Å². The van der Waals surface area contributed by atoms with E-state index in [2.05, 4.69) is 55.3 Å². The SMILES string of the molecule is CCCC(N)(CCC)c1nc(-c2cccc(C)c2)c(-c2ccnc(NC3CC3)n2)s1. The van der Waals surface area contributed by atoms with Gasteiger partial charge in [-0.15, -0.1) is 11.3 Å². The monoisotopic (exact) mass is 421 g/mol. The molecule has 0 unspecified atom stereocenters. The Labute approximate surface area is 183 Å². The van der Waals surface area contributed by atoms with Crippen LogP contribution in [0, 0.1) is 6.92 Å². The van der Waals surface area contributed by atoms with Crippen molar-refractivity contribution in [2.45, 2.75) is 70.9 Å². The standard InChI is InChI=1S/C24H31N5S/c1-4-12-24(25,13-5-2)22-29-20(17-8-6-7-16(3)15-17)21(30-22)19-11-14-26-23(28-19)27-18-9-10-18/h6-8,11,14-15,18H,4-5,9-10,12-13,25H2,1-3H3,(H,26,27,28). The topological polar surface area (TPSA) is 76.7 Å². The van der Waals surface area contributed by atoms with E-state index < -0.39 is 5.54 Å². The van der Waals surface area contributed by atoms with Gasteiger partial charge in [0.05, 0.1) is 21.8 Å². The lowest BCUT2D eigenvalue weighted by atomic mass is 9.90. The second-order valence-electron chi connectivity index (χ2n) is 8.41. The van der Waals surface area contributed by atoms with Gasteiger partial charge < -0.3 is 11.1 Å². The molecule has 4 rings (SSSR count). The molecule has 6 heteroatoms. The van der Waals surface area contributed by atoms with E-state index in [9.17, 15) is 0 Å². The van der Waals surface area contributed by atoms with E-state index >= 15 is 0 Å². The fourth-order valence-electron chi connectivity index (χ4n) is 3.89. The number of hydrogen-bond acceptors (Lipinski definition) is 6. The first-order valence-corrected chi connectivity index (χ1v) is 11.8. The molecule has 0 bridgehead atoms. The van der Waals surface area contributed by atoms with Crippen LogP contribution in [-0.2, 0) is 5.54 Å². The molecule has 3 N–H and O–H groups in total. The third kappa shape index (κ3) is 4.55. The van der Waals surface area contributed by atoms with Crippen LogP contribution in [0.4, 0.5) is 5.95 Å². The first-order valence-electron chi connectivity index (χ1n) is 11.0. The number of rotatable bonds is 9. The van der Waals surface area contributed by atoms with Crippen LogP contribution in [0.5, 0.6) is 0 Å². The lowest BCUT2D eigenvalue weighted by Crippen LogP contribution is -2.36. The smallest absolute Gasteiger partial charge is 0.223 e. The van der Waals surface area contributed by atoms with Gasteiger partial charge in [-0.05, 0) is 44.7 Å². The van der Waals surface area contributed by atoms with E-state index in [-0.39, 0.29) is 0 Å². The van der Waals surface area contributed by atoms with E-state index in [0.29, 0.717) is 12.0 Å². The number of hydrogen-bond donors (Lipinski definition) is 2. The van der Waals surface area contributed by atoms with Gasteiger partial charge in [-0.2, -0.15) is 0 Å². The molecule has 1 aromatic carbocycles. The van der Waals surface area contributed by atoms with Crippen molar-refractivity contribution in [3.05, 3.63) is 47.1 Å². The molecule has 3 aromatic rings. The minimum absolute atomic E-state index is 0.396. The highest BCUT2D eigenvalue weighted by molar-refractivity contribution is 7.15. The molecule has 2 aromatic heterocycles. The molecule has 0 radical (unpaired) electrons. The average molecular weight is 422 g/mol. The minimum atomic E-state index is -0.396. The van der Waals surface area contributed by atoms with E-state index in [1.54, 1.807) is 11.3 Å². The molecule has 5 nitrogen and oxygen atoms in total. The van der Waals surface area contributed by atoms with Crippen molar-refractivity contribution in [2.75, 3.05) is 5.32 Å². The molecular formula is C24H31N5S. The highest BCUT2D eigenvalue weighted by Gasteiger charge is 2.31. The zero-order valence-electron chi connectivity index (χ0n) is 18.1. The highest BCUT2D eigenvalue weighted by Crippen LogP contribution is 2.42. The van der Waals surface area contributed by atoms with Crippen LogP contribution in [0.1, 0.15) is 62.9 Å². The van der Waals surface area contributed by atoms with E-state index in [4.69, 9.17) is 15.7 Å². The molecule has 1 aliphatic carbocycles. The van der Waals surface area contributed by atoms with Gasteiger partial charge in [-0.3, -0.25) is 0 Å². The lowest BCUT2D eigenvalue weighted by Gasteiger charge is -2.26. The van der Waals surface area contributed by atoms with Gasteiger partial charge in [-0.1, -0.05) is 50.5 Å². The molecule has 0 atom stereocenters. The molecular weight excluding hydrogens is 390 g/mol. The Kier molecular flexibility index (Phi) is 6.16. The van der Waals surface area contributed by atoms with Crippen LogP contribution in [-0.4, -0.2) is 21.0 Å². The zero-order valence-corrected chi connectivity index (χ0v) is 18.9. The molecule has 1 aliphatic rings. The third-order valence-electron chi connectivity index (χ3n) is 5.54. The quantitative estimate of drug-likeness (QED) is 0.449. The second-order valence-corrected chi connectivity index (χ2v) is 9.41. The Morgan fingerprint density at radius 1 is 1.13 bits per heavy atom. The Bertz CT molecular complexity index is 1000. The summed E-state index contributed by atoms with van der Waals surface area (Å²) in [6.07, 6.45) is 8.15. The van der Waals surface area contributed by atoms with Crippen LogP contribution in [0.3, 0.4) is 0 Å². The summed E-state index contributed by atoms with van der Waals surface area (Å²) in [7, 11) is 0. The molecule has 1 saturated carbocycles. The van der Waals surface area contributed by atoms with Crippen molar-refractivity contribution in [3.63, 3.8) is 0 Å². The van der Waals surface area contributed by atoms with E-state index in [1.807, 2.05) is 12.3 Å². The first kappa shape index (κ1) is 20.9. The Morgan fingerprint density at radius 2 is 1.90 bits per heavy atom.